The summed E-state index contributed by atoms with van der Waals surface area (Å²) in [6, 6.07) is 32.3. The number of amides is 1. The molecule has 1 N–H and O–H groups in total. The fraction of sp³-hybridized carbons (Fsp3) is 0.0417. The number of rotatable bonds is 4. The molecule has 4 aromatic rings. The third kappa shape index (κ3) is 3.35. The molecule has 0 aliphatic carbocycles. The van der Waals surface area contributed by atoms with E-state index in [-0.39, 0.29) is 5.91 Å². The number of hydrogen-bond acceptors (Lipinski definition) is 1. The first-order valence-electron chi connectivity index (χ1n) is 8.71. The lowest BCUT2D eigenvalue weighted by molar-refractivity contribution is 0.0951. The Morgan fingerprint density at radius 1 is 0.731 bits per heavy atom. The van der Waals surface area contributed by atoms with Crippen molar-refractivity contribution >= 4 is 16.7 Å². The average Bonchev–Trinajstić information content (AvgIpc) is 2.72. The van der Waals surface area contributed by atoms with Crippen molar-refractivity contribution < 1.29 is 4.79 Å². The molecule has 0 saturated heterocycles. The van der Waals surface area contributed by atoms with Gasteiger partial charge < -0.3 is 5.32 Å². The Morgan fingerprint density at radius 2 is 1.38 bits per heavy atom. The number of benzene rings is 4. The van der Waals surface area contributed by atoms with Gasteiger partial charge in [0.1, 0.15) is 0 Å². The Balaban J connectivity index is 1.70. The van der Waals surface area contributed by atoms with Crippen LogP contribution < -0.4 is 5.32 Å². The van der Waals surface area contributed by atoms with Crippen molar-refractivity contribution in [2.45, 2.75) is 6.54 Å². The number of hydrogen-bond donors (Lipinski definition) is 1. The zero-order chi connectivity index (χ0) is 17.8. The van der Waals surface area contributed by atoms with Crippen molar-refractivity contribution in [3.05, 3.63) is 108 Å². The van der Waals surface area contributed by atoms with Crippen LogP contribution in [0.2, 0.25) is 0 Å². The van der Waals surface area contributed by atoms with Gasteiger partial charge in [0, 0.05) is 12.1 Å². The minimum Gasteiger partial charge on any atom is -0.348 e. The first kappa shape index (κ1) is 16.1. The lowest BCUT2D eigenvalue weighted by Gasteiger charge is -2.11. The van der Waals surface area contributed by atoms with Crippen LogP contribution in [0.1, 0.15) is 15.9 Å². The smallest absolute Gasteiger partial charge is 0.251 e. The molecule has 2 nitrogen and oxygen atoms in total. The van der Waals surface area contributed by atoms with Crippen molar-refractivity contribution in [2.75, 3.05) is 0 Å². The largest absolute Gasteiger partial charge is 0.348 e. The van der Waals surface area contributed by atoms with Gasteiger partial charge in [-0.3, -0.25) is 4.79 Å². The highest BCUT2D eigenvalue weighted by molar-refractivity contribution is 6.04. The molecule has 2 heteroatoms. The van der Waals surface area contributed by atoms with E-state index >= 15 is 0 Å². The quantitative estimate of drug-likeness (QED) is 0.528. The summed E-state index contributed by atoms with van der Waals surface area (Å²) in [4.78, 5) is 12.7. The van der Waals surface area contributed by atoms with Crippen molar-refractivity contribution in [3.63, 3.8) is 0 Å². The Hall–Kier alpha value is -3.39. The number of nitrogens with one attached hydrogen (secondary N) is 1. The molecule has 0 fully saturated rings. The maximum Gasteiger partial charge on any atom is 0.251 e. The summed E-state index contributed by atoms with van der Waals surface area (Å²) in [6.07, 6.45) is 0. The number of carbonyl (C=O) groups excluding carboxylic acids is 1. The van der Waals surface area contributed by atoms with Crippen LogP contribution in [0.25, 0.3) is 21.9 Å². The summed E-state index contributed by atoms with van der Waals surface area (Å²) >= 11 is 0. The second-order valence-electron chi connectivity index (χ2n) is 6.28. The predicted molar refractivity (Wildman–Crippen MR) is 107 cm³/mol. The lowest BCUT2D eigenvalue weighted by atomic mass is 9.95. The van der Waals surface area contributed by atoms with Gasteiger partial charge in [0.2, 0.25) is 0 Å². The second-order valence-corrected chi connectivity index (χ2v) is 6.28. The van der Waals surface area contributed by atoms with E-state index in [4.69, 9.17) is 0 Å². The Morgan fingerprint density at radius 3 is 2.15 bits per heavy atom. The molecule has 0 aliphatic heterocycles. The van der Waals surface area contributed by atoms with Crippen LogP contribution >= 0.6 is 0 Å². The van der Waals surface area contributed by atoms with E-state index in [2.05, 4.69) is 29.6 Å². The van der Waals surface area contributed by atoms with Gasteiger partial charge in [-0.1, -0.05) is 84.9 Å². The topological polar surface area (TPSA) is 29.1 Å². The molecule has 4 rings (SSSR count). The predicted octanol–water partition coefficient (Wildman–Crippen LogP) is 5.44. The van der Waals surface area contributed by atoms with Crippen LogP contribution in [0, 0.1) is 0 Å². The number of fused-ring (bicyclic) bond motifs is 1. The monoisotopic (exact) mass is 337 g/mol. The Labute approximate surface area is 153 Å². The minimum atomic E-state index is -0.0585. The van der Waals surface area contributed by atoms with Crippen LogP contribution in [0.15, 0.2) is 97.1 Å². The van der Waals surface area contributed by atoms with Crippen LogP contribution in [0.4, 0.5) is 0 Å². The Bertz CT molecular complexity index is 1040. The summed E-state index contributed by atoms with van der Waals surface area (Å²) < 4.78 is 0. The van der Waals surface area contributed by atoms with E-state index < -0.39 is 0 Å². The molecule has 0 bridgehead atoms. The average molecular weight is 337 g/mol. The van der Waals surface area contributed by atoms with E-state index in [1.54, 1.807) is 0 Å². The van der Waals surface area contributed by atoms with Gasteiger partial charge in [-0.15, -0.1) is 0 Å². The molecule has 0 unspecified atom stereocenters. The molecule has 0 heterocycles. The molecule has 0 aliphatic rings. The summed E-state index contributed by atoms with van der Waals surface area (Å²) in [5.74, 6) is -0.0585. The molecule has 26 heavy (non-hydrogen) atoms. The van der Waals surface area contributed by atoms with E-state index in [0.717, 1.165) is 27.5 Å². The fourth-order valence-electron chi connectivity index (χ4n) is 3.18. The third-order valence-electron chi connectivity index (χ3n) is 4.50. The molecule has 4 aromatic carbocycles. The molecule has 1 amide bonds. The highest BCUT2D eigenvalue weighted by Gasteiger charge is 2.11. The van der Waals surface area contributed by atoms with Crippen molar-refractivity contribution in [1.29, 1.82) is 0 Å². The van der Waals surface area contributed by atoms with E-state index in [1.165, 1.54) is 0 Å². The highest BCUT2D eigenvalue weighted by atomic mass is 16.1. The van der Waals surface area contributed by atoms with Crippen LogP contribution in [0.5, 0.6) is 0 Å². The van der Waals surface area contributed by atoms with Crippen molar-refractivity contribution in [1.82, 2.24) is 5.32 Å². The minimum absolute atomic E-state index is 0.0585. The first-order chi connectivity index (χ1) is 12.8. The first-order valence-corrected chi connectivity index (χ1v) is 8.71. The maximum absolute atomic E-state index is 12.7. The van der Waals surface area contributed by atoms with Gasteiger partial charge >= 0.3 is 0 Å². The third-order valence-corrected chi connectivity index (χ3v) is 4.50. The van der Waals surface area contributed by atoms with Gasteiger partial charge in [-0.25, -0.2) is 0 Å². The molecule has 0 saturated carbocycles. The summed E-state index contributed by atoms with van der Waals surface area (Å²) in [7, 11) is 0. The van der Waals surface area contributed by atoms with Gasteiger partial charge in [0.05, 0.1) is 0 Å². The van der Waals surface area contributed by atoms with Gasteiger partial charge in [0.25, 0.3) is 5.91 Å². The zero-order valence-electron chi connectivity index (χ0n) is 14.4. The van der Waals surface area contributed by atoms with Gasteiger partial charge in [-0.05, 0) is 39.6 Å². The number of carbonyl (C=O) groups is 1. The normalized spacial score (nSPS) is 10.6. The van der Waals surface area contributed by atoms with Crippen LogP contribution in [0.3, 0.4) is 0 Å². The SMILES string of the molecule is O=C(NCc1ccccc1)c1cc(-c2ccccc2)c2ccccc2c1. The maximum atomic E-state index is 12.7. The summed E-state index contributed by atoms with van der Waals surface area (Å²) in [5, 5.41) is 5.24. The Kier molecular flexibility index (Phi) is 4.48. The molecule has 126 valence electrons. The van der Waals surface area contributed by atoms with E-state index in [9.17, 15) is 4.79 Å². The molecule has 0 spiro atoms. The van der Waals surface area contributed by atoms with Gasteiger partial charge in [0.15, 0.2) is 0 Å². The molecule has 0 radical (unpaired) electrons. The van der Waals surface area contributed by atoms with E-state index in [1.807, 2.05) is 72.8 Å². The van der Waals surface area contributed by atoms with E-state index in [0.29, 0.717) is 12.1 Å². The van der Waals surface area contributed by atoms with Crippen molar-refractivity contribution in [2.24, 2.45) is 0 Å². The van der Waals surface area contributed by atoms with Crippen LogP contribution in [-0.4, -0.2) is 5.91 Å². The van der Waals surface area contributed by atoms with Crippen molar-refractivity contribution in [3.8, 4) is 11.1 Å². The highest BCUT2D eigenvalue weighted by Crippen LogP contribution is 2.30. The van der Waals surface area contributed by atoms with Crippen LogP contribution in [-0.2, 0) is 6.54 Å². The zero-order valence-corrected chi connectivity index (χ0v) is 14.4. The summed E-state index contributed by atoms with van der Waals surface area (Å²) in [6.45, 7) is 0.521. The molecule has 0 atom stereocenters. The molecule has 0 aromatic heterocycles. The van der Waals surface area contributed by atoms with Gasteiger partial charge in [-0.2, -0.15) is 0 Å². The molecular weight excluding hydrogens is 318 g/mol. The summed E-state index contributed by atoms with van der Waals surface area (Å²) in [5.41, 5.74) is 3.96. The second kappa shape index (κ2) is 7.24. The lowest BCUT2D eigenvalue weighted by Crippen LogP contribution is -2.22. The standard InChI is InChI=1S/C24H19NO/c26-24(25-17-18-9-3-1-4-10-18)21-15-20-13-7-8-14-22(20)23(16-21)19-11-5-2-6-12-19/h1-16H,17H2,(H,25,26). The fourth-order valence-corrected chi connectivity index (χ4v) is 3.18. The molecular formula is C24H19NO.